The first-order valence-electron chi connectivity index (χ1n) is 8.14. The van der Waals surface area contributed by atoms with E-state index in [0.29, 0.717) is 17.0 Å². The molecule has 2 atom stereocenters. The van der Waals surface area contributed by atoms with E-state index in [9.17, 15) is 18.0 Å². The fraction of sp³-hybridized carbons (Fsp3) is 0.588. The van der Waals surface area contributed by atoms with Crippen LogP contribution >= 0.6 is 24.2 Å². The fourth-order valence-electron chi connectivity index (χ4n) is 3.56. The van der Waals surface area contributed by atoms with E-state index in [1.807, 2.05) is 7.05 Å². The van der Waals surface area contributed by atoms with Crippen LogP contribution in [0.3, 0.4) is 0 Å². The third-order valence-electron chi connectivity index (χ3n) is 4.91. The Morgan fingerprint density at radius 3 is 2.52 bits per heavy atom. The quantitative estimate of drug-likeness (QED) is 0.784. The molecule has 0 spiro atoms. The maximum absolute atomic E-state index is 12.7. The fourth-order valence-corrected chi connectivity index (χ4v) is 4.44. The molecule has 2 unspecified atom stereocenters. The summed E-state index contributed by atoms with van der Waals surface area (Å²) in [6.07, 6.45) is -0.0873. The van der Waals surface area contributed by atoms with Gasteiger partial charge in [0.25, 0.3) is 0 Å². The minimum Gasteiger partial charge on any atom is -0.342 e. The molecule has 0 radical (unpaired) electrons. The van der Waals surface area contributed by atoms with E-state index in [2.05, 4.69) is 5.32 Å². The molecule has 2 aliphatic rings. The third-order valence-corrected chi connectivity index (χ3v) is 5.89. The van der Waals surface area contributed by atoms with Crippen LogP contribution in [0, 0.1) is 0 Å². The number of fused-ring (bicyclic) bond motifs is 2. The Hall–Kier alpha value is -0.920. The lowest BCUT2D eigenvalue weighted by atomic mass is 9.98. The van der Waals surface area contributed by atoms with Crippen LogP contribution in [-0.2, 0) is 11.0 Å². The van der Waals surface area contributed by atoms with Gasteiger partial charge in [-0.3, -0.25) is 4.79 Å². The molecular formula is C17H22ClF3N2OS. The Labute approximate surface area is 156 Å². The molecule has 0 aromatic heterocycles. The molecule has 0 aliphatic carbocycles. The van der Waals surface area contributed by atoms with Crippen LogP contribution in [0.4, 0.5) is 13.2 Å². The van der Waals surface area contributed by atoms with Crippen LogP contribution in [0.2, 0.25) is 0 Å². The summed E-state index contributed by atoms with van der Waals surface area (Å²) < 4.78 is 38.2. The summed E-state index contributed by atoms with van der Waals surface area (Å²) in [4.78, 5) is 14.6. The molecule has 1 aromatic carbocycles. The summed E-state index contributed by atoms with van der Waals surface area (Å²) in [7, 11) is 1.81. The molecule has 3 nitrogen and oxygen atoms in total. The molecular weight excluding hydrogens is 373 g/mol. The van der Waals surface area contributed by atoms with Crippen LogP contribution in [0.15, 0.2) is 29.2 Å². The highest BCUT2D eigenvalue weighted by Crippen LogP contribution is 2.32. The van der Waals surface area contributed by atoms with Gasteiger partial charge in [0.05, 0.1) is 11.3 Å². The minimum atomic E-state index is -4.36. The molecule has 8 heteroatoms. The van der Waals surface area contributed by atoms with Crippen molar-refractivity contribution in [2.45, 2.75) is 54.9 Å². The number of carbonyl (C=O) groups excluding carboxylic acids is 1. The predicted octanol–water partition coefficient (Wildman–Crippen LogP) is 3.96. The zero-order valence-electron chi connectivity index (χ0n) is 13.9. The summed E-state index contributed by atoms with van der Waals surface area (Å²) in [5, 5.41) is 3.54. The summed E-state index contributed by atoms with van der Waals surface area (Å²) >= 11 is 1.16. The molecule has 2 aliphatic heterocycles. The van der Waals surface area contributed by atoms with Gasteiger partial charge in [0.2, 0.25) is 5.91 Å². The summed E-state index contributed by atoms with van der Waals surface area (Å²) in [6.45, 7) is 0. The number of amides is 1. The van der Waals surface area contributed by atoms with Crippen molar-refractivity contribution >= 4 is 30.1 Å². The molecule has 1 N–H and O–H groups in total. The smallest absolute Gasteiger partial charge is 0.342 e. The molecule has 140 valence electrons. The standard InChI is InChI=1S/C17H21F3N2OS.ClH/c1-22(14-8-12-5-6-13(9-14)21-12)16(23)10-24-15-4-2-3-11(7-15)17(18,19)20;/h2-4,7,12-14,21H,5-6,8-10H2,1H3;1H. The maximum Gasteiger partial charge on any atom is 0.416 e. The van der Waals surface area contributed by atoms with Gasteiger partial charge < -0.3 is 10.2 Å². The third kappa shape index (κ3) is 5.05. The molecule has 0 saturated carbocycles. The Balaban J connectivity index is 0.00000225. The maximum atomic E-state index is 12.7. The van der Waals surface area contributed by atoms with Crippen LogP contribution < -0.4 is 5.32 Å². The van der Waals surface area contributed by atoms with E-state index in [4.69, 9.17) is 0 Å². The summed E-state index contributed by atoms with van der Waals surface area (Å²) in [5.41, 5.74) is -0.678. The van der Waals surface area contributed by atoms with Crippen molar-refractivity contribution in [2.75, 3.05) is 12.8 Å². The number of benzene rings is 1. The van der Waals surface area contributed by atoms with Crippen molar-refractivity contribution in [1.29, 1.82) is 0 Å². The van der Waals surface area contributed by atoms with Crippen molar-refractivity contribution < 1.29 is 18.0 Å². The first-order valence-corrected chi connectivity index (χ1v) is 9.13. The summed E-state index contributed by atoms with van der Waals surface area (Å²) in [6, 6.07) is 6.37. The van der Waals surface area contributed by atoms with E-state index in [-0.39, 0.29) is 30.1 Å². The summed E-state index contributed by atoms with van der Waals surface area (Å²) in [5.74, 6) is 0.139. The van der Waals surface area contributed by atoms with E-state index >= 15 is 0 Å². The van der Waals surface area contributed by atoms with Gasteiger partial charge in [-0.1, -0.05) is 6.07 Å². The number of piperidine rings is 1. The van der Waals surface area contributed by atoms with E-state index in [1.54, 1.807) is 11.0 Å². The van der Waals surface area contributed by atoms with Gasteiger partial charge >= 0.3 is 6.18 Å². The van der Waals surface area contributed by atoms with Gasteiger partial charge in [0, 0.05) is 30.1 Å². The molecule has 1 amide bonds. The van der Waals surface area contributed by atoms with Crippen LogP contribution in [0.5, 0.6) is 0 Å². The monoisotopic (exact) mass is 394 g/mol. The van der Waals surface area contributed by atoms with Crippen molar-refractivity contribution in [3.8, 4) is 0 Å². The number of alkyl halides is 3. The van der Waals surface area contributed by atoms with Gasteiger partial charge in [0.1, 0.15) is 0 Å². The zero-order chi connectivity index (χ0) is 17.3. The van der Waals surface area contributed by atoms with Crippen molar-refractivity contribution in [3.63, 3.8) is 0 Å². The van der Waals surface area contributed by atoms with Gasteiger partial charge in [-0.15, -0.1) is 24.2 Å². The number of carbonyl (C=O) groups is 1. The number of nitrogens with one attached hydrogen (secondary N) is 1. The highest BCUT2D eigenvalue weighted by atomic mass is 35.5. The van der Waals surface area contributed by atoms with Gasteiger partial charge in [-0.05, 0) is 43.9 Å². The second-order valence-corrected chi connectivity index (χ2v) is 7.63. The first kappa shape index (κ1) is 20.4. The van der Waals surface area contributed by atoms with Gasteiger partial charge in [-0.25, -0.2) is 0 Å². The van der Waals surface area contributed by atoms with Crippen molar-refractivity contribution in [1.82, 2.24) is 10.2 Å². The number of halogens is 4. The highest BCUT2D eigenvalue weighted by Gasteiger charge is 2.36. The minimum absolute atomic E-state index is 0. The first-order chi connectivity index (χ1) is 11.3. The van der Waals surface area contributed by atoms with Crippen LogP contribution in [0.25, 0.3) is 0 Å². The number of hydrogen-bond acceptors (Lipinski definition) is 3. The molecule has 1 aromatic rings. The van der Waals surface area contributed by atoms with E-state index < -0.39 is 11.7 Å². The lowest BCUT2D eigenvalue weighted by Crippen LogP contribution is -2.49. The lowest BCUT2D eigenvalue weighted by molar-refractivity contribution is -0.137. The second kappa shape index (κ2) is 8.18. The Kier molecular flexibility index (Phi) is 6.68. The average molecular weight is 395 g/mol. The number of thioether (sulfide) groups is 1. The molecule has 2 bridgehead atoms. The van der Waals surface area contributed by atoms with E-state index in [1.165, 1.54) is 18.9 Å². The van der Waals surface area contributed by atoms with Crippen LogP contribution in [-0.4, -0.2) is 41.7 Å². The molecule has 2 saturated heterocycles. The largest absolute Gasteiger partial charge is 0.416 e. The van der Waals surface area contributed by atoms with Crippen molar-refractivity contribution in [3.05, 3.63) is 29.8 Å². The normalized spacial score (nSPS) is 25.4. The van der Waals surface area contributed by atoms with Crippen LogP contribution in [0.1, 0.15) is 31.2 Å². The SMILES string of the molecule is CN(C(=O)CSc1cccc(C(F)(F)F)c1)C1CC2CCC(C1)N2.Cl. The average Bonchev–Trinajstić information content (AvgIpc) is 2.89. The van der Waals surface area contributed by atoms with E-state index in [0.717, 1.165) is 36.7 Å². The molecule has 3 rings (SSSR count). The Bertz CT molecular complexity index is 602. The molecule has 25 heavy (non-hydrogen) atoms. The Morgan fingerprint density at radius 1 is 1.28 bits per heavy atom. The number of rotatable bonds is 4. The van der Waals surface area contributed by atoms with Gasteiger partial charge in [-0.2, -0.15) is 13.2 Å². The zero-order valence-corrected chi connectivity index (χ0v) is 15.5. The van der Waals surface area contributed by atoms with Gasteiger partial charge in [0.15, 0.2) is 0 Å². The topological polar surface area (TPSA) is 32.3 Å². The van der Waals surface area contributed by atoms with Crippen molar-refractivity contribution in [2.24, 2.45) is 0 Å². The number of hydrogen-bond donors (Lipinski definition) is 1. The Morgan fingerprint density at radius 2 is 1.92 bits per heavy atom. The predicted molar refractivity (Wildman–Crippen MR) is 95.2 cm³/mol. The molecule has 2 heterocycles. The highest BCUT2D eigenvalue weighted by molar-refractivity contribution is 8.00. The second-order valence-electron chi connectivity index (χ2n) is 6.58. The molecule has 2 fully saturated rings. The lowest BCUT2D eigenvalue weighted by Gasteiger charge is -2.35. The number of nitrogens with zero attached hydrogens (tertiary/aromatic N) is 1.